The summed E-state index contributed by atoms with van der Waals surface area (Å²) in [5.74, 6) is -2.29. The van der Waals surface area contributed by atoms with Gasteiger partial charge in [-0.25, -0.2) is 13.8 Å². The first-order chi connectivity index (χ1) is 11.0. The summed E-state index contributed by atoms with van der Waals surface area (Å²) in [5, 5.41) is 13.2. The molecule has 1 fully saturated rings. The monoisotopic (exact) mass is 338 g/mol. The minimum atomic E-state index is -1.23. The molecule has 0 amide bonds. The molecule has 0 radical (unpaired) electrons. The summed E-state index contributed by atoms with van der Waals surface area (Å²) < 4.78 is 26.8. The number of carbonyl (C=O) groups is 1. The van der Waals surface area contributed by atoms with E-state index in [2.05, 4.69) is 10.3 Å². The molecule has 1 unspecified atom stereocenters. The highest BCUT2D eigenvalue weighted by Crippen LogP contribution is 2.38. The Hall–Kier alpha value is -1.86. The zero-order valence-electron chi connectivity index (χ0n) is 12.3. The Labute approximate surface area is 136 Å². The predicted octanol–water partition coefficient (Wildman–Crippen LogP) is 3.60. The van der Waals surface area contributed by atoms with Crippen molar-refractivity contribution in [3.8, 4) is 0 Å². The Morgan fingerprint density at radius 2 is 2.22 bits per heavy atom. The van der Waals surface area contributed by atoms with Crippen LogP contribution in [0.15, 0.2) is 24.4 Å². The van der Waals surface area contributed by atoms with Gasteiger partial charge in [-0.3, -0.25) is 10.1 Å². The maximum atomic E-state index is 13.8. The zero-order valence-corrected chi connectivity index (χ0v) is 13.1. The van der Waals surface area contributed by atoms with Gasteiger partial charge in [0.05, 0.1) is 5.01 Å². The van der Waals surface area contributed by atoms with Crippen LogP contribution < -0.4 is 5.32 Å². The van der Waals surface area contributed by atoms with Crippen molar-refractivity contribution in [3.05, 3.63) is 51.5 Å². The summed E-state index contributed by atoms with van der Waals surface area (Å²) in [6.45, 7) is 0.276. The number of nitrogens with one attached hydrogen (secondary N) is 1. The lowest BCUT2D eigenvalue weighted by atomic mass is 9.86. The second-order valence-electron chi connectivity index (χ2n) is 5.61. The third kappa shape index (κ3) is 3.56. The molecule has 2 aromatic rings. The predicted molar refractivity (Wildman–Crippen MR) is 82.3 cm³/mol. The van der Waals surface area contributed by atoms with Crippen molar-refractivity contribution in [3.63, 3.8) is 0 Å². The number of halogens is 2. The number of aliphatic carboxylic acids is 1. The second kappa shape index (κ2) is 6.72. The van der Waals surface area contributed by atoms with Gasteiger partial charge in [0.1, 0.15) is 17.7 Å². The van der Waals surface area contributed by atoms with Gasteiger partial charge in [-0.2, -0.15) is 0 Å². The van der Waals surface area contributed by atoms with E-state index in [0.717, 1.165) is 34.9 Å². The van der Waals surface area contributed by atoms with Gasteiger partial charge in [0.15, 0.2) is 0 Å². The highest BCUT2D eigenvalue weighted by molar-refractivity contribution is 7.11. The molecule has 4 nitrogen and oxygen atoms in total. The van der Waals surface area contributed by atoms with Crippen LogP contribution in [0.1, 0.15) is 46.7 Å². The Morgan fingerprint density at radius 1 is 1.43 bits per heavy atom. The standard InChI is InChI=1S/C16H16F2N2O2S/c17-10-4-5-12(13(18)6-10)14(16(21)22)19-7-11-8-20-15(23-11)9-2-1-3-9/h4-6,8-9,14,19H,1-3,7H2,(H,21,22). The highest BCUT2D eigenvalue weighted by Gasteiger charge is 2.25. The van der Waals surface area contributed by atoms with Gasteiger partial charge < -0.3 is 5.11 Å². The van der Waals surface area contributed by atoms with E-state index in [0.29, 0.717) is 12.0 Å². The van der Waals surface area contributed by atoms with Gasteiger partial charge in [0.2, 0.25) is 0 Å². The van der Waals surface area contributed by atoms with Crippen molar-refractivity contribution < 1.29 is 18.7 Å². The third-order valence-electron chi connectivity index (χ3n) is 4.03. The van der Waals surface area contributed by atoms with Crippen molar-refractivity contribution >= 4 is 17.3 Å². The molecule has 1 aromatic heterocycles. The van der Waals surface area contributed by atoms with E-state index in [1.807, 2.05) is 0 Å². The largest absolute Gasteiger partial charge is 0.480 e. The molecule has 2 N–H and O–H groups in total. The smallest absolute Gasteiger partial charge is 0.325 e. The van der Waals surface area contributed by atoms with Crippen LogP contribution in [0, 0.1) is 11.6 Å². The fourth-order valence-corrected chi connectivity index (χ4v) is 3.55. The molecule has 122 valence electrons. The van der Waals surface area contributed by atoms with E-state index in [4.69, 9.17) is 0 Å². The lowest BCUT2D eigenvalue weighted by Gasteiger charge is -2.22. The van der Waals surface area contributed by atoms with E-state index < -0.39 is 23.6 Å². The molecule has 0 saturated heterocycles. The third-order valence-corrected chi connectivity index (χ3v) is 5.19. The molecule has 0 spiro atoms. The molecule has 1 atom stereocenters. The number of hydrogen-bond acceptors (Lipinski definition) is 4. The van der Waals surface area contributed by atoms with Crippen LogP contribution in [0.4, 0.5) is 8.78 Å². The summed E-state index contributed by atoms with van der Waals surface area (Å²) in [7, 11) is 0. The van der Waals surface area contributed by atoms with Gasteiger partial charge in [0.25, 0.3) is 0 Å². The summed E-state index contributed by atoms with van der Waals surface area (Å²) in [6.07, 6.45) is 5.26. The van der Waals surface area contributed by atoms with E-state index in [1.165, 1.54) is 6.42 Å². The number of aromatic nitrogens is 1. The van der Waals surface area contributed by atoms with Crippen molar-refractivity contribution in [2.45, 2.75) is 37.8 Å². The fourth-order valence-electron chi connectivity index (χ4n) is 2.52. The zero-order chi connectivity index (χ0) is 16.4. The number of rotatable bonds is 6. The Morgan fingerprint density at radius 3 is 2.83 bits per heavy atom. The van der Waals surface area contributed by atoms with Crippen LogP contribution in [-0.4, -0.2) is 16.1 Å². The van der Waals surface area contributed by atoms with Gasteiger partial charge in [-0.1, -0.05) is 12.5 Å². The molecule has 1 aliphatic carbocycles. The lowest BCUT2D eigenvalue weighted by molar-refractivity contribution is -0.139. The number of carboxylic acid groups (broad SMARTS) is 1. The average molecular weight is 338 g/mol. The number of nitrogens with zero attached hydrogens (tertiary/aromatic N) is 1. The summed E-state index contributed by atoms with van der Waals surface area (Å²) >= 11 is 1.55. The van der Waals surface area contributed by atoms with Gasteiger partial charge >= 0.3 is 5.97 Å². The molecule has 7 heteroatoms. The quantitative estimate of drug-likeness (QED) is 0.845. The minimum absolute atomic E-state index is 0.0809. The van der Waals surface area contributed by atoms with Crippen molar-refractivity contribution in [1.29, 1.82) is 0 Å². The van der Waals surface area contributed by atoms with Crippen LogP contribution in [0.3, 0.4) is 0 Å². The van der Waals surface area contributed by atoms with Gasteiger partial charge in [-0.15, -0.1) is 11.3 Å². The van der Waals surface area contributed by atoms with E-state index in [-0.39, 0.29) is 12.1 Å². The molecule has 1 aliphatic rings. The van der Waals surface area contributed by atoms with Crippen molar-refractivity contribution in [2.24, 2.45) is 0 Å². The Balaban J connectivity index is 1.70. The minimum Gasteiger partial charge on any atom is -0.480 e. The van der Waals surface area contributed by atoms with Crippen molar-refractivity contribution in [1.82, 2.24) is 10.3 Å². The molecule has 23 heavy (non-hydrogen) atoms. The SMILES string of the molecule is O=C(O)C(NCc1cnc(C2CCC2)s1)c1ccc(F)cc1F. The molecule has 1 saturated carbocycles. The maximum absolute atomic E-state index is 13.8. The molecule has 1 heterocycles. The Bertz CT molecular complexity index is 716. The Kier molecular flexibility index (Phi) is 4.68. The summed E-state index contributed by atoms with van der Waals surface area (Å²) in [5.41, 5.74) is -0.0809. The van der Waals surface area contributed by atoms with Crippen LogP contribution in [0.25, 0.3) is 0 Å². The topological polar surface area (TPSA) is 62.2 Å². The highest BCUT2D eigenvalue weighted by atomic mass is 32.1. The molecular formula is C16H16F2N2O2S. The number of benzene rings is 1. The maximum Gasteiger partial charge on any atom is 0.325 e. The van der Waals surface area contributed by atoms with E-state index in [9.17, 15) is 18.7 Å². The van der Waals surface area contributed by atoms with Crippen LogP contribution in [0.5, 0.6) is 0 Å². The lowest BCUT2D eigenvalue weighted by Crippen LogP contribution is -2.28. The number of carboxylic acids is 1. The second-order valence-corrected chi connectivity index (χ2v) is 6.76. The number of thiazole rings is 1. The molecule has 1 aromatic carbocycles. The normalized spacial score (nSPS) is 16.1. The van der Waals surface area contributed by atoms with Crippen LogP contribution >= 0.6 is 11.3 Å². The molecular weight excluding hydrogens is 322 g/mol. The first kappa shape index (κ1) is 16.0. The average Bonchev–Trinajstić information content (AvgIpc) is 2.87. The van der Waals surface area contributed by atoms with E-state index >= 15 is 0 Å². The number of hydrogen-bond donors (Lipinski definition) is 2. The fraction of sp³-hybridized carbons (Fsp3) is 0.375. The first-order valence-electron chi connectivity index (χ1n) is 7.40. The molecule has 0 bridgehead atoms. The molecule has 0 aliphatic heterocycles. The summed E-state index contributed by atoms with van der Waals surface area (Å²) in [4.78, 5) is 16.7. The summed E-state index contributed by atoms with van der Waals surface area (Å²) in [6, 6.07) is 1.67. The van der Waals surface area contributed by atoms with Crippen molar-refractivity contribution in [2.75, 3.05) is 0 Å². The first-order valence-corrected chi connectivity index (χ1v) is 8.22. The van der Waals surface area contributed by atoms with Crippen LogP contribution in [-0.2, 0) is 11.3 Å². The van der Waals surface area contributed by atoms with Gasteiger partial charge in [-0.05, 0) is 18.9 Å². The van der Waals surface area contributed by atoms with Gasteiger partial charge in [0, 0.05) is 35.2 Å². The molecule has 3 rings (SSSR count). The van der Waals surface area contributed by atoms with Crippen LogP contribution in [0.2, 0.25) is 0 Å². The van der Waals surface area contributed by atoms with E-state index in [1.54, 1.807) is 17.5 Å².